The van der Waals surface area contributed by atoms with Gasteiger partial charge in [0, 0.05) is 12.7 Å². The number of hydrogen-bond acceptors (Lipinski definition) is 8. The Kier molecular flexibility index (Phi) is 5.48. The normalized spacial score (nSPS) is 15.1. The summed E-state index contributed by atoms with van der Waals surface area (Å²) in [5.74, 6) is -0.410. The maximum Gasteiger partial charge on any atom is 0.171 e. The molecule has 1 heterocycles. The molecule has 1 aromatic carbocycles. The number of oxime groups is 1. The van der Waals surface area contributed by atoms with E-state index in [0.29, 0.717) is 24.5 Å². The van der Waals surface area contributed by atoms with Crippen molar-refractivity contribution in [3.05, 3.63) is 28.9 Å². The first-order valence-electron chi connectivity index (χ1n) is 6.68. The average Bonchev–Trinajstić information content (AvgIpc) is 2.55. The Labute approximate surface area is 126 Å². The van der Waals surface area contributed by atoms with Crippen LogP contribution in [0.15, 0.2) is 28.7 Å². The highest BCUT2D eigenvalue weighted by Gasteiger charge is 2.17. The second kappa shape index (κ2) is 7.55. The lowest BCUT2D eigenvalue weighted by atomic mass is 10.2. The molecule has 0 fully saturated rings. The first-order valence-corrected chi connectivity index (χ1v) is 6.68. The van der Waals surface area contributed by atoms with Crippen LogP contribution in [0.2, 0.25) is 0 Å². The molecule has 0 aromatic heterocycles. The van der Waals surface area contributed by atoms with Crippen molar-refractivity contribution in [2.24, 2.45) is 10.5 Å². The van der Waals surface area contributed by atoms with Crippen molar-refractivity contribution in [3.63, 3.8) is 0 Å². The summed E-state index contributed by atoms with van der Waals surface area (Å²) in [4.78, 5) is 22.7. The van der Waals surface area contributed by atoms with Crippen LogP contribution in [0.3, 0.4) is 0 Å². The first kappa shape index (κ1) is 16.0. The predicted molar refractivity (Wildman–Crippen MR) is 79.2 cm³/mol. The van der Waals surface area contributed by atoms with E-state index in [4.69, 9.17) is 9.94 Å². The summed E-state index contributed by atoms with van der Waals surface area (Å²) in [6.07, 6.45) is 0.660. The van der Waals surface area contributed by atoms with Crippen molar-refractivity contribution >= 4 is 17.7 Å². The van der Waals surface area contributed by atoms with Crippen molar-refractivity contribution in [3.8, 4) is 0 Å². The van der Waals surface area contributed by atoms with E-state index in [0.717, 1.165) is 0 Å². The van der Waals surface area contributed by atoms with Gasteiger partial charge in [-0.05, 0) is 18.2 Å². The predicted octanol–water partition coefficient (Wildman–Crippen LogP) is 1.10. The number of aliphatic hydroxyl groups is 1. The third kappa shape index (κ3) is 3.82. The minimum absolute atomic E-state index is 0.194. The lowest BCUT2D eigenvalue weighted by Crippen LogP contribution is -2.33. The highest BCUT2D eigenvalue weighted by molar-refractivity contribution is 5.80. The van der Waals surface area contributed by atoms with Gasteiger partial charge < -0.3 is 24.6 Å². The molecule has 0 aliphatic carbocycles. The number of rotatable bonds is 7. The van der Waals surface area contributed by atoms with Crippen molar-refractivity contribution in [1.82, 2.24) is 0 Å². The minimum atomic E-state index is -0.767. The SMILES string of the molecule is CN(CC(CO)ON=O)c1ccc(N2C=NOCC2)c(F)c1. The van der Waals surface area contributed by atoms with Gasteiger partial charge in [-0.15, -0.1) is 4.91 Å². The second-order valence-electron chi connectivity index (χ2n) is 4.75. The van der Waals surface area contributed by atoms with E-state index in [1.807, 2.05) is 0 Å². The number of anilines is 2. The van der Waals surface area contributed by atoms with Gasteiger partial charge >= 0.3 is 0 Å². The number of benzene rings is 1. The van der Waals surface area contributed by atoms with E-state index in [1.165, 1.54) is 12.4 Å². The van der Waals surface area contributed by atoms with Gasteiger partial charge in [0.25, 0.3) is 0 Å². The lowest BCUT2D eigenvalue weighted by Gasteiger charge is -2.25. The highest BCUT2D eigenvalue weighted by atomic mass is 19.1. The van der Waals surface area contributed by atoms with Crippen LogP contribution in [0.4, 0.5) is 15.8 Å². The molecule has 0 saturated heterocycles. The quantitative estimate of drug-likeness (QED) is 0.599. The fourth-order valence-electron chi connectivity index (χ4n) is 2.08. The number of aliphatic hydroxyl groups excluding tert-OH is 1. The van der Waals surface area contributed by atoms with Gasteiger partial charge in [-0.25, -0.2) is 4.39 Å². The molecule has 0 spiro atoms. The van der Waals surface area contributed by atoms with E-state index in [9.17, 15) is 9.30 Å². The zero-order valence-corrected chi connectivity index (χ0v) is 12.1. The molecule has 8 nitrogen and oxygen atoms in total. The number of nitrogens with zero attached hydrogens (tertiary/aromatic N) is 4. The molecule has 0 saturated carbocycles. The number of halogens is 1. The molecule has 2 rings (SSSR count). The van der Waals surface area contributed by atoms with E-state index < -0.39 is 11.9 Å². The van der Waals surface area contributed by atoms with Crippen molar-refractivity contribution < 1.29 is 19.2 Å². The molecule has 0 bridgehead atoms. The van der Waals surface area contributed by atoms with Crippen LogP contribution in [0.1, 0.15) is 0 Å². The maximum atomic E-state index is 14.2. The Bertz CT molecular complexity index is 543. The van der Waals surface area contributed by atoms with Gasteiger partial charge in [0.05, 0.1) is 25.4 Å². The van der Waals surface area contributed by atoms with Crippen molar-refractivity contribution in [2.75, 3.05) is 43.2 Å². The zero-order chi connectivity index (χ0) is 15.9. The fourth-order valence-corrected chi connectivity index (χ4v) is 2.08. The molecule has 22 heavy (non-hydrogen) atoms. The van der Waals surface area contributed by atoms with Crippen LogP contribution in [0, 0.1) is 10.7 Å². The van der Waals surface area contributed by atoms with Gasteiger partial charge in [0.1, 0.15) is 18.8 Å². The van der Waals surface area contributed by atoms with Crippen LogP contribution in [0.5, 0.6) is 0 Å². The highest BCUT2D eigenvalue weighted by Crippen LogP contribution is 2.24. The van der Waals surface area contributed by atoms with Gasteiger partial charge in [0.2, 0.25) is 0 Å². The van der Waals surface area contributed by atoms with Crippen LogP contribution in [-0.2, 0) is 9.68 Å². The van der Waals surface area contributed by atoms with E-state index in [2.05, 4.69) is 15.3 Å². The monoisotopic (exact) mass is 312 g/mol. The summed E-state index contributed by atoms with van der Waals surface area (Å²) in [5, 5.41) is 15.0. The molecule has 1 aliphatic heterocycles. The van der Waals surface area contributed by atoms with Crippen LogP contribution in [-0.4, -0.2) is 50.9 Å². The third-order valence-corrected chi connectivity index (χ3v) is 3.24. The Balaban J connectivity index is 2.09. The first-order chi connectivity index (χ1) is 10.7. The average molecular weight is 312 g/mol. The molecular formula is C13H17FN4O4. The third-order valence-electron chi connectivity index (χ3n) is 3.24. The standard InChI is InChI=1S/C13H17FN4O4/c1-17(7-11(8-19)22-16-20)10-2-3-13(12(14)6-10)18-4-5-21-15-9-18/h2-3,6,9,11,19H,4-5,7-8H2,1H3. The molecule has 0 radical (unpaired) electrons. The largest absolute Gasteiger partial charge is 0.393 e. The summed E-state index contributed by atoms with van der Waals surface area (Å²) >= 11 is 0. The van der Waals surface area contributed by atoms with Crippen LogP contribution in [0.25, 0.3) is 0 Å². The van der Waals surface area contributed by atoms with Gasteiger partial charge in [-0.3, -0.25) is 0 Å². The molecule has 9 heteroatoms. The van der Waals surface area contributed by atoms with E-state index in [-0.39, 0.29) is 13.2 Å². The van der Waals surface area contributed by atoms with Crippen LogP contribution >= 0.6 is 0 Å². The Morgan fingerprint density at radius 1 is 1.64 bits per heavy atom. The molecule has 1 aliphatic rings. The van der Waals surface area contributed by atoms with Gasteiger partial charge in [0.15, 0.2) is 11.4 Å². The summed E-state index contributed by atoms with van der Waals surface area (Å²) in [6, 6.07) is 4.72. The minimum Gasteiger partial charge on any atom is -0.393 e. The number of hydrogen-bond donors (Lipinski definition) is 1. The fraction of sp³-hybridized carbons (Fsp3) is 0.462. The van der Waals surface area contributed by atoms with Crippen LogP contribution < -0.4 is 9.80 Å². The van der Waals surface area contributed by atoms with Gasteiger partial charge in [-0.2, -0.15) is 0 Å². The lowest BCUT2D eigenvalue weighted by molar-refractivity contribution is 0.0192. The molecular weight excluding hydrogens is 295 g/mol. The summed E-state index contributed by atoms with van der Waals surface area (Å²) < 4.78 is 14.2. The summed E-state index contributed by atoms with van der Waals surface area (Å²) in [5.41, 5.74) is 0.980. The maximum absolute atomic E-state index is 14.2. The molecule has 1 N–H and O–H groups in total. The topological polar surface area (TPSA) is 87.0 Å². The van der Waals surface area contributed by atoms with Crippen molar-refractivity contribution in [2.45, 2.75) is 6.10 Å². The molecule has 120 valence electrons. The van der Waals surface area contributed by atoms with Gasteiger partial charge in [-0.1, -0.05) is 5.16 Å². The summed E-state index contributed by atoms with van der Waals surface area (Å²) in [7, 11) is 1.70. The Morgan fingerprint density at radius 2 is 2.45 bits per heavy atom. The molecule has 1 atom stereocenters. The van der Waals surface area contributed by atoms with E-state index in [1.54, 1.807) is 29.0 Å². The Morgan fingerprint density at radius 3 is 3.05 bits per heavy atom. The molecule has 1 unspecified atom stereocenters. The Hall–Kier alpha value is -2.42. The van der Waals surface area contributed by atoms with Crippen molar-refractivity contribution in [1.29, 1.82) is 0 Å². The summed E-state index contributed by atoms with van der Waals surface area (Å²) in [6.45, 7) is 0.744. The zero-order valence-electron chi connectivity index (χ0n) is 12.1. The number of likely N-dealkylation sites (N-methyl/N-ethyl adjacent to an activating group) is 1. The molecule has 1 aromatic rings. The molecule has 0 amide bonds. The smallest absolute Gasteiger partial charge is 0.171 e. The van der Waals surface area contributed by atoms with E-state index >= 15 is 0 Å². The second-order valence-corrected chi connectivity index (χ2v) is 4.75.